The maximum absolute atomic E-state index is 5.94. The van der Waals surface area contributed by atoms with Crippen LogP contribution < -0.4 is 5.73 Å². The summed E-state index contributed by atoms with van der Waals surface area (Å²) < 4.78 is 10.6. The van der Waals surface area contributed by atoms with Crippen LogP contribution in [0.15, 0.2) is 0 Å². The summed E-state index contributed by atoms with van der Waals surface area (Å²) in [5.41, 5.74) is 6.36. The Morgan fingerprint density at radius 1 is 1.19 bits per heavy atom. The van der Waals surface area contributed by atoms with Gasteiger partial charge in [0.15, 0.2) is 0 Å². The summed E-state index contributed by atoms with van der Waals surface area (Å²) in [5.74, 6) is 2.02. The average molecular weight is 227 g/mol. The van der Waals surface area contributed by atoms with Gasteiger partial charge in [-0.15, -0.1) is 0 Å². The van der Waals surface area contributed by atoms with E-state index in [0.717, 1.165) is 51.0 Å². The molecule has 3 nitrogen and oxygen atoms in total. The minimum atomic E-state index is 0.425. The summed E-state index contributed by atoms with van der Waals surface area (Å²) in [6.07, 6.45) is 6.34. The average Bonchev–Trinajstić information content (AvgIpc) is 2.92. The van der Waals surface area contributed by atoms with Crippen molar-refractivity contribution in [2.75, 3.05) is 33.5 Å². The fourth-order valence-corrected chi connectivity index (χ4v) is 3.17. The van der Waals surface area contributed by atoms with Gasteiger partial charge in [-0.3, -0.25) is 0 Å². The first-order chi connectivity index (χ1) is 7.79. The standard InChI is InChI=1S/C13H25NO2/c1-15-4-2-5-16-6-3-13(10-14)8-11-7-12(11)9-13/h11-12H,2-10,14H2,1H3. The molecule has 0 aromatic rings. The van der Waals surface area contributed by atoms with E-state index in [0.29, 0.717) is 5.41 Å². The van der Waals surface area contributed by atoms with E-state index in [2.05, 4.69) is 0 Å². The van der Waals surface area contributed by atoms with Crippen LogP contribution in [0.2, 0.25) is 0 Å². The number of fused-ring (bicyclic) bond motifs is 1. The zero-order chi connectivity index (χ0) is 11.4. The Labute approximate surface area is 98.7 Å². The molecule has 94 valence electrons. The fraction of sp³-hybridized carbons (Fsp3) is 1.00. The molecule has 0 radical (unpaired) electrons. The first-order valence-corrected chi connectivity index (χ1v) is 6.56. The summed E-state index contributed by atoms with van der Waals surface area (Å²) in [6.45, 7) is 3.34. The summed E-state index contributed by atoms with van der Waals surface area (Å²) in [5, 5.41) is 0. The molecule has 0 aromatic heterocycles. The minimum absolute atomic E-state index is 0.425. The second kappa shape index (κ2) is 5.48. The van der Waals surface area contributed by atoms with Gasteiger partial charge in [0.1, 0.15) is 0 Å². The zero-order valence-electron chi connectivity index (χ0n) is 10.4. The lowest BCUT2D eigenvalue weighted by Crippen LogP contribution is -2.30. The van der Waals surface area contributed by atoms with Crippen molar-refractivity contribution >= 4 is 0 Å². The van der Waals surface area contributed by atoms with Crippen LogP contribution in [0.3, 0.4) is 0 Å². The van der Waals surface area contributed by atoms with Gasteiger partial charge in [-0.05, 0) is 55.9 Å². The van der Waals surface area contributed by atoms with Crippen molar-refractivity contribution < 1.29 is 9.47 Å². The number of methoxy groups -OCH3 is 1. The Morgan fingerprint density at radius 3 is 2.56 bits per heavy atom. The molecule has 2 saturated carbocycles. The molecule has 16 heavy (non-hydrogen) atoms. The first-order valence-electron chi connectivity index (χ1n) is 6.56. The molecule has 2 fully saturated rings. The lowest BCUT2D eigenvalue weighted by atomic mass is 9.80. The van der Waals surface area contributed by atoms with Gasteiger partial charge < -0.3 is 15.2 Å². The third-order valence-corrected chi connectivity index (χ3v) is 4.31. The van der Waals surface area contributed by atoms with Crippen molar-refractivity contribution in [3.63, 3.8) is 0 Å². The molecule has 2 rings (SSSR count). The van der Waals surface area contributed by atoms with E-state index in [1.54, 1.807) is 7.11 Å². The smallest absolute Gasteiger partial charge is 0.0487 e. The normalized spacial score (nSPS) is 36.4. The molecular formula is C13H25NO2. The van der Waals surface area contributed by atoms with Crippen LogP contribution in [0, 0.1) is 17.3 Å². The van der Waals surface area contributed by atoms with Crippen LogP contribution in [-0.4, -0.2) is 33.5 Å². The van der Waals surface area contributed by atoms with E-state index in [9.17, 15) is 0 Å². The lowest BCUT2D eigenvalue weighted by molar-refractivity contribution is 0.0754. The molecule has 0 amide bonds. The summed E-state index contributed by atoms with van der Waals surface area (Å²) >= 11 is 0. The van der Waals surface area contributed by atoms with E-state index in [1.807, 2.05) is 0 Å². The maximum atomic E-state index is 5.94. The van der Waals surface area contributed by atoms with Gasteiger partial charge in [0, 0.05) is 26.9 Å². The zero-order valence-corrected chi connectivity index (χ0v) is 10.4. The highest BCUT2D eigenvalue weighted by molar-refractivity contribution is 5.03. The summed E-state index contributed by atoms with van der Waals surface area (Å²) in [7, 11) is 1.73. The van der Waals surface area contributed by atoms with Crippen molar-refractivity contribution in [3.05, 3.63) is 0 Å². The number of rotatable bonds is 8. The second-order valence-electron chi connectivity index (χ2n) is 5.58. The highest BCUT2D eigenvalue weighted by Gasteiger charge is 2.52. The number of nitrogens with two attached hydrogens (primary N) is 1. The van der Waals surface area contributed by atoms with Crippen LogP contribution in [-0.2, 0) is 9.47 Å². The van der Waals surface area contributed by atoms with E-state index >= 15 is 0 Å². The van der Waals surface area contributed by atoms with Crippen LogP contribution in [0.25, 0.3) is 0 Å². The number of hydrogen-bond acceptors (Lipinski definition) is 3. The monoisotopic (exact) mass is 227 g/mol. The van der Waals surface area contributed by atoms with E-state index < -0.39 is 0 Å². The fourth-order valence-electron chi connectivity index (χ4n) is 3.17. The van der Waals surface area contributed by atoms with Gasteiger partial charge in [0.25, 0.3) is 0 Å². The minimum Gasteiger partial charge on any atom is -0.385 e. The van der Waals surface area contributed by atoms with Crippen molar-refractivity contribution in [3.8, 4) is 0 Å². The molecule has 2 N–H and O–H groups in total. The van der Waals surface area contributed by atoms with Gasteiger partial charge in [-0.2, -0.15) is 0 Å². The van der Waals surface area contributed by atoms with Gasteiger partial charge in [0.2, 0.25) is 0 Å². The van der Waals surface area contributed by atoms with E-state index in [1.165, 1.54) is 19.3 Å². The Balaban J connectivity index is 1.57. The molecule has 0 spiro atoms. The van der Waals surface area contributed by atoms with Crippen molar-refractivity contribution in [1.29, 1.82) is 0 Å². The van der Waals surface area contributed by atoms with Crippen molar-refractivity contribution in [2.24, 2.45) is 23.0 Å². The molecule has 2 aliphatic carbocycles. The van der Waals surface area contributed by atoms with Crippen molar-refractivity contribution in [2.45, 2.75) is 32.1 Å². The molecule has 2 atom stereocenters. The molecule has 0 heterocycles. The lowest BCUT2D eigenvalue weighted by Gasteiger charge is -2.29. The van der Waals surface area contributed by atoms with Crippen LogP contribution in [0.4, 0.5) is 0 Å². The van der Waals surface area contributed by atoms with Gasteiger partial charge in [-0.25, -0.2) is 0 Å². The van der Waals surface area contributed by atoms with E-state index in [4.69, 9.17) is 15.2 Å². The predicted octanol–water partition coefficient (Wildman–Crippen LogP) is 1.80. The SMILES string of the molecule is COCCCOCCC1(CN)CC2CC2C1. The van der Waals surface area contributed by atoms with Gasteiger partial charge in [-0.1, -0.05) is 0 Å². The molecule has 2 aliphatic rings. The molecule has 0 saturated heterocycles. The van der Waals surface area contributed by atoms with E-state index in [-0.39, 0.29) is 0 Å². The molecule has 3 heteroatoms. The Kier molecular flexibility index (Phi) is 4.22. The van der Waals surface area contributed by atoms with Crippen LogP contribution in [0.1, 0.15) is 32.1 Å². The number of hydrogen-bond donors (Lipinski definition) is 1. The molecule has 2 unspecified atom stereocenters. The quantitative estimate of drug-likeness (QED) is 0.643. The maximum Gasteiger partial charge on any atom is 0.0487 e. The van der Waals surface area contributed by atoms with Gasteiger partial charge >= 0.3 is 0 Å². The Morgan fingerprint density at radius 2 is 1.94 bits per heavy atom. The Bertz CT molecular complexity index is 210. The highest BCUT2D eigenvalue weighted by Crippen LogP contribution is 2.60. The predicted molar refractivity (Wildman–Crippen MR) is 64.2 cm³/mol. The summed E-state index contributed by atoms with van der Waals surface area (Å²) in [4.78, 5) is 0. The highest BCUT2D eigenvalue weighted by atomic mass is 16.5. The topological polar surface area (TPSA) is 44.5 Å². The molecule has 0 bridgehead atoms. The third-order valence-electron chi connectivity index (χ3n) is 4.31. The molecule has 0 aliphatic heterocycles. The van der Waals surface area contributed by atoms with Crippen molar-refractivity contribution in [1.82, 2.24) is 0 Å². The molecular weight excluding hydrogens is 202 g/mol. The second-order valence-corrected chi connectivity index (χ2v) is 5.58. The van der Waals surface area contributed by atoms with Crippen LogP contribution >= 0.6 is 0 Å². The first kappa shape index (κ1) is 12.3. The van der Waals surface area contributed by atoms with Gasteiger partial charge in [0.05, 0.1) is 0 Å². The summed E-state index contributed by atoms with van der Waals surface area (Å²) in [6, 6.07) is 0. The van der Waals surface area contributed by atoms with Crippen LogP contribution in [0.5, 0.6) is 0 Å². The third kappa shape index (κ3) is 2.96. The number of ether oxygens (including phenoxy) is 2. The molecule has 0 aromatic carbocycles. The largest absolute Gasteiger partial charge is 0.385 e. The Hall–Kier alpha value is -0.120.